The van der Waals surface area contributed by atoms with E-state index in [0.29, 0.717) is 12.8 Å². The van der Waals surface area contributed by atoms with Gasteiger partial charge in [0, 0.05) is 6.61 Å². The van der Waals surface area contributed by atoms with Crippen molar-refractivity contribution in [3.63, 3.8) is 0 Å². The van der Waals surface area contributed by atoms with Crippen molar-refractivity contribution < 1.29 is 14.6 Å². The Morgan fingerprint density at radius 1 is 1.56 bits per heavy atom. The SMILES string of the molecule is COc1cn([C@H]2CCC(CCO)O2)c(=O)[nH]c1=O. The maximum Gasteiger partial charge on any atom is 0.330 e. The lowest BCUT2D eigenvalue weighted by molar-refractivity contribution is -0.0106. The standard InChI is InChI=1S/C11H16N2O5/c1-17-8-6-13(11(16)12-10(8)15)9-3-2-7(18-9)4-5-14/h6-7,9,14H,2-5H2,1H3,(H,12,15,16)/t7?,9-/m1/s1. The van der Waals surface area contributed by atoms with E-state index in [-0.39, 0.29) is 18.5 Å². The zero-order chi connectivity index (χ0) is 13.1. The predicted octanol–water partition coefficient (Wildman–Crippen LogP) is -0.395. The van der Waals surface area contributed by atoms with Gasteiger partial charge < -0.3 is 14.6 Å². The molecule has 0 aromatic carbocycles. The number of nitrogens with one attached hydrogen (secondary N) is 1. The Bertz CT molecular complexity index is 521. The van der Waals surface area contributed by atoms with Crippen molar-refractivity contribution in [2.75, 3.05) is 13.7 Å². The number of aromatic nitrogens is 2. The number of rotatable bonds is 4. The summed E-state index contributed by atoms with van der Waals surface area (Å²) >= 11 is 0. The summed E-state index contributed by atoms with van der Waals surface area (Å²) in [5.41, 5.74) is -1.07. The first kappa shape index (κ1) is 12.8. The molecule has 1 aliphatic heterocycles. The zero-order valence-corrected chi connectivity index (χ0v) is 10.1. The highest BCUT2D eigenvalue weighted by Crippen LogP contribution is 2.28. The second kappa shape index (κ2) is 5.36. The van der Waals surface area contributed by atoms with Gasteiger partial charge in [0.2, 0.25) is 5.75 Å². The Kier molecular flexibility index (Phi) is 3.83. The molecule has 1 aromatic rings. The van der Waals surface area contributed by atoms with Gasteiger partial charge in [0.15, 0.2) is 0 Å². The van der Waals surface area contributed by atoms with Crippen molar-refractivity contribution in [1.82, 2.24) is 9.55 Å². The van der Waals surface area contributed by atoms with Crippen molar-refractivity contribution in [3.05, 3.63) is 27.0 Å². The summed E-state index contributed by atoms with van der Waals surface area (Å²) in [5, 5.41) is 8.84. The maximum absolute atomic E-state index is 11.7. The lowest BCUT2D eigenvalue weighted by atomic mass is 10.2. The summed E-state index contributed by atoms with van der Waals surface area (Å²) < 4.78 is 11.8. The number of nitrogens with zero attached hydrogens (tertiary/aromatic N) is 1. The smallest absolute Gasteiger partial charge is 0.330 e. The summed E-state index contributed by atoms with van der Waals surface area (Å²) in [7, 11) is 1.36. The molecule has 7 heteroatoms. The monoisotopic (exact) mass is 256 g/mol. The Morgan fingerprint density at radius 2 is 2.33 bits per heavy atom. The molecule has 0 saturated carbocycles. The van der Waals surface area contributed by atoms with E-state index < -0.39 is 17.5 Å². The third-order valence-corrected chi connectivity index (χ3v) is 3.00. The molecule has 0 amide bonds. The van der Waals surface area contributed by atoms with E-state index in [9.17, 15) is 9.59 Å². The van der Waals surface area contributed by atoms with Gasteiger partial charge in [0.1, 0.15) is 6.23 Å². The highest BCUT2D eigenvalue weighted by molar-refractivity contribution is 5.12. The fourth-order valence-electron chi connectivity index (χ4n) is 2.07. The van der Waals surface area contributed by atoms with Crippen LogP contribution in [-0.4, -0.2) is 34.5 Å². The first-order chi connectivity index (χ1) is 8.65. The summed E-state index contributed by atoms with van der Waals surface area (Å²) in [4.78, 5) is 25.2. The minimum atomic E-state index is -0.552. The van der Waals surface area contributed by atoms with E-state index in [0.717, 1.165) is 6.42 Å². The van der Waals surface area contributed by atoms with E-state index in [1.54, 1.807) is 0 Å². The second-order valence-electron chi connectivity index (χ2n) is 4.17. The van der Waals surface area contributed by atoms with Crippen LogP contribution < -0.4 is 16.0 Å². The lowest BCUT2D eigenvalue weighted by Gasteiger charge is -2.15. The Morgan fingerprint density at radius 3 is 3.00 bits per heavy atom. The van der Waals surface area contributed by atoms with Crippen LogP contribution in [0.1, 0.15) is 25.5 Å². The fraction of sp³-hybridized carbons (Fsp3) is 0.636. The van der Waals surface area contributed by atoms with Gasteiger partial charge in [-0.05, 0) is 19.3 Å². The van der Waals surface area contributed by atoms with Gasteiger partial charge in [-0.15, -0.1) is 0 Å². The van der Waals surface area contributed by atoms with Crippen LogP contribution in [0.2, 0.25) is 0 Å². The molecule has 0 aliphatic carbocycles. The number of hydrogen-bond acceptors (Lipinski definition) is 5. The molecule has 0 bridgehead atoms. The van der Waals surface area contributed by atoms with Gasteiger partial charge in [-0.25, -0.2) is 4.79 Å². The van der Waals surface area contributed by atoms with Crippen molar-refractivity contribution in [1.29, 1.82) is 0 Å². The average molecular weight is 256 g/mol. The number of aliphatic hydroxyl groups excluding tert-OH is 1. The van der Waals surface area contributed by atoms with Gasteiger partial charge in [0.25, 0.3) is 5.56 Å². The van der Waals surface area contributed by atoms with Crippen LogP contribution in [-0.2, 0) is 4.74 Å². The fourth-order valence-corrected chi connectivity index (χ4v) is 2.07. The second-order valence-corrected chi connectivity index (χ2v) is 4.17. The molecule has 1 aliphatic rings. The zero-order valence-electron chi connectivity index (χ0n) is 10.1. The molecular formula is C11H16N2O5. The van der Waals surface area contributed by atoms with Crippen LogP contribution >= 0.6 is 0 Å². The Labute approximate surface area is 103 Å². The molecule has 2 rings (SSSR count). The largest absolute Gasteiger partial charge is 0.490 e. The number of aliphatic hydroxyl groups is 1. The van der Waals surface area contributed by atoms with E-state index in [1.165, 1.54) is 17.9 Å². The van der Waals surface area contributed by atoms with Crippen molar-refractivity contribution in [3.8, 4) is 5.75 Å². The summed E-state index contributed by atoms with van der Waals surface area (Å²) in [6.07, 6.45) is 2.88. The molecule has 1 fully saturated rings. The Hall–Kier alpha value is -1.60. The molecule has 2 atom stereocenters. The lowest BCUT2D eigenvalue weighted by Crippen LogP contribution is -2.32. The number of methoxy groups -OCH3 is 1. The van der Waals surface area contributed by atoms with Gasteiger partial charge in [0.05, 0.1) is 19.4 Å². The van der Waals surface area contributed by atoms with Crippen molar-refractivity contribution in [2.45, 2.75) is 31.6 Å². The molecule has 0 spiro atoms. The summed E-state index contributed by atoms with van der Waals surface area (Å²) in [6, 6.07) is 0. The number of hydrogen-bond donors (Lipinski definition) is 2. The molecule has 0 radical (unpaired) electrons. The van der Waals surface area contributed by atoms with E-state index >= 15 is 0 Å². The minimum absolute atomic E-state index is 0.0511. The Balaban J connectivity index is 2.24. The van der Waals surface area contributed by atoms with E-state index in [2.05, 4.69) is 4.98 Å². The normalized spacial score (nSPS) is 23.2. The van der Waals surface area contributed by atoms with Gasteiger partial charge in [-0.1, -0.05) is 0 Å². The molecule has 18 heavy (non-hydrogen) atoms. The van der Waals surface area contributed by atoms with Crippen molar-refractivity contribution in [2.24, 2.45) is 0 Å². The van der Waals surface area contributed by atoms with Gasteiger partial charge in [-0.2, -0.15) is 0 Å². The van der Waals surface area contributed by atoms with E-state index in [4.69, 9.17) is 14.6 Å². The summed E-state index contributed by atoms with van der Waals surface area (Å²) in [5.74, 6) is 0.0730. The van der Waals surface area contributed by atoms with Crippen LogP contribution in [0, 0.1) is 0 Å². The quantitative estimate of drug-likeness (QED) is 0.765. The number of ether oxygens (including phenoxy) is 2. The molecule has 1 aromatic heterocycles. The van der Waals surface area contributed by atoms with Crippen LogP contribution in [0.5, 0.6) is 5.75 Å². The van der Waals surface area contributed by atoms with Crippen LogP contribution in [0.15, 0.2) is 15.8 Å². The highest BCUT2D eigenvalue weighted by atomic mass is 16.5. The first-order valence-electron chi connectivity index (χ1n) is 5.81. The maximum atomic E-state index is 11.7. The molecule has 1 saturated heterocycles. The van der Waals surface area contributed by atoms with Gasteiger partial charge >= 0.3 is 5.69 Å². The molecular weight excluding hydrogens is 240 g/mol. The van der Waals surface area contributed by atoms with Crippen LogP contribution in [0.4, 0.5) is 0 Å². The molecule has 2 N–H and O–H groups in total. The first-order valence-corrected chi connectivity index (χ1v) is 5.81. The third-order valence-electron chi connectivity index (χ3n) is 3.00. The molecule has 2 heterocycles. The van der Waals surface area contributed by atoms with Crippen molar-refractivity contribution >= 4 is 0 Å². The number of aromatic amines is 1. The van der Waals surface area contributed by atoms with E-state index in [1.807, 2.05) is 0 Å². The average Bonchev–Trinajstić information content (AvgIpc) is 2.78. The predicted molar refractivity (Wildman–Crippen MR) is 62.7 cm³/mol. The van der Waals surface area contributed by atoms with Crippen LogP contribution in [0.25, 0.3) is 0 Å². The highest BCUT2D eigenvalue weighted by Gasteiger charge is 2.27. The molecule has 7 nitrogen and oxygen atoms in total. The minimum Gasteiger partial charge on any atom is -0.490 e. The number of H-pyrrole nitrogens is 1. The molecule has 100 valence electrons. The van der Waals surface area contributed by atoms with Gasteiger partial charge in [-0.3, -0.25) is 14.3 Å². The summed E-state index contributed by atoms with van der Waals surface area (Å²) in [6.45, 7) is 0.0568. The van der Waals surface area contributed by atoms with Crippen LogP contribution in [0.3, 0.4) is 0 Å². The topological polar surface area (TPSA) is 93.6 Å². The molecule has 1 unspecified atom stereocenters. The third kappa shape index (κ3) is 2.46.